The van der Waals surface area contributed by atoms with Crippen LogP contribution in [-0.2, 0) is 9.47 Å². The molecule has 2 heterocycles. The van der Waals surface area contributed by atoms with Gasteiger partial charge in [0.15, 0.2) is 11.5 Å². The number of halogens is 2. The van der Waals surface area contributed by atoms with Crippen molar-refractivity contribution in [2.75, 3.05) is 31.8 Å². The number of methoxy groups -OCH3 is 1. The molecule has 1 N–H and O–H groups in total. The number of amides is 1. The van der Waals surface area contributed by atoms with E-state index >= 15 is 0 Å². The molecule has 1 aliphatic heterocycles. The maximum Gasteiger partial charge on any atom is 0.407 e. The lowest BCUT2D eigenvalue weighted by molar-refractivity contribution is 0.0403. The summed E-state index contributed by atoms with van der Waals surface area (Å²) in [5, 5.41) is 2.67. The summed E-state index contributed by atoms with van der Waals surface area (Å²) >= 11 is 3.21. The minimum atomic E-state index is -0.693. The summed E-state index contributed by atoms with van der Waals surface area (Å²) in [6.45, 7) is 7.59. The van der Waals surface area contributed by atoms with Gasteiger partial charge in [-0.05, 0) is 55.0 Å². The molecule has 0 bridgehead atoms. The lowest BCUT2D eigenvalue weighted by Gasteiger charge is -2.44. The Balaban J connectivity index is 2.10. The van der Waals surface area contributed by atoms with E-state index in [1.165, 1.54) is 13.3 Å². The fraction of sp³-hybridized carbons (Fsp3) is 0.684. The fourth-order valence-electron chi connectivity index (χ4n) is 3.25. The molecule has 1 aliphatic rings. The number of rotatable bonds is 5. The van der Waals surface area contributed by atoms with Crippen LogP contribution in [0.25, 0.3) is 0 Å². The van der Waals surface area contributed by atoms with Gasteiger partial charge in [0.1, 0.15) is 16.9 Å². The van der Waals surface area contributed by atoms with Gasteiger partial charge in [-0.2, -0.15) is 0 Å². The van der Waals surface area contributed by atoms with Crippen molar-refractivity contribution in [2.45, 2.75) is 52.2 Å². The van der Waals surface area contributed by atoms with Crippen LogP contribution in [0.4, 0.5) is 15.0 Å². The van der Waals surface area contributed by atoms with E-state index in [9.17, 15) is 14.0 Å². The first-order chi connectivity index (χ1) is 13.5. The molecule has 1 fully saturated rings. The Morgan fingerprint density at radius 3 is 2.52 bits per heavy atom. The molecule has 0 spiro atoms. The third-order valence-corrected chi connectivity index (χ3v) is 5.38. The fourth-order valence-corrected chi connectivity index (χ4v) is 3.53. The molecule has 0 radical (unpaired) electrons. The summed E-state index contributed by atoms with van der Waals surface area (Å²) in [6, 6.07) is -0.671. The van der Waals surface area contributed by atoms with Gasteiger partial charge in [-0.1, -0.05) is 6.92 Å². The van der Waals surface area contributed by atoms with Gasteiger partial charge in [-0.25, -0.2) is 23.9 Å². The second-order valence-electron chi connectivity index (χ2n) is 8.35. The number of piperidine rings is 1. The molecule has 29 heavy (non-hydrogen) atoms. The number of alkyl halides is 1. The Morgan fingerprint density at radius 1 is 1.38 bits per heavy atom. The second kappa shape index (κ2) is 9.23. The molecular formula is C19H28BrFN4O4. The van der Waals surface area contributed by atoms with Crippen molar-refractivity contribution in [1.82, 2.24) is 15.3 Å². The summed E-state index contributed by atoms with van der Waals surface area (Å²) < 4.78 is 24.3. The molecule has 162 valence electrons. The molecule has 1 unspecified atom stereocenters. The first-order valence-electron chi connectivity index (χ1n) is 9.40. The van der Waals surface area contributed by atoms with E-state index in [0.717, 1.165) is 0 Å². The van der Waals surface area contributed by atoms with Gasteiger partial charge < -0.3 is 19.7 Å². The van der Waals surface area contributed by atoms with E-state index in [0.29, 0.717) is 36.4 Å². The maximum absolute atomic E-state index is 13.8. The van der Waals surface area contributed by atoms with Crippen molar-refractivity contribution < 1.29 is 23.5 Å². The number of alkyl carbamates (subject to hydrolysis) is 1. The maximum atomic E-state index is 13.8. The van der Waals surface area contributed by atoms with Crippen molar-refractivity contribution in [1.29, 1.82) is 0 Å². The Morgan fingerprint density at radius 2 is 2.00 bits per heavy atom. The van der Waals surface area contributed by atoms with Crippen LogP contribution in [0.15, 0.2) is 10.8 Å². The zero-order valence-corrected chi connectivity index (χ0v) is 19.0. The van der Waals surface area contributed by atoms with Gasteiger partial charge in [-0.15, -0.1) is 0 Å². The van der Waals surface area contributed by atoms with Gasteiger partial charge in [-0.3, -0.25) is 0 Å². The average molecular weight is 475 g/mol. The van der Waals surface area contributed by atoms with Gasteiger partial charge >= 0.3 is 12.1 Å². The number of esters is 1. The molecule has 1 aromatic heterocycles. The summed E-state index contributed by atoms with van der Waals surface area (Å²) in [5.41, 5.74) is -0.991. The largest absolute Gasteiger partial charge is 0.464 e. The first kappa shape index (κ1) is 23.3. The highest BCUT2D eigenvalue weighted by atomic mass is 79.9. The smallest absolute Gasteiger partial charge is 0.407 e. The monoisotopic (exact) mass is 474 g/mol. The van der Waals surface area contributed by atoms with Crippen LogP contribution >= 0.6 is 15.9 Å². The molecular weight excluding hydrogens is 447 g/mol. The van der Waals surface area contributed by atoms with E-state index < -0.39 is 35.8 Å². The van der Waals surface area contributed by atoms with Gasteiger partial charge in [0.2, 0.25) is 0 Å². The normalized spacial score (nSPS) is 17.4. The number of nitrogens with one attached hydrogen (secondary N) is 1. The lowest BCUT2D eigenvalue weighted by atomic mass is 9.74. The molecule has 0 aliphatic carbocycles. The molecule has 1 amide bonds. The predicted molar refractivity (Wildman–Crippen MR) is 110 cm³/mol. The molecule has 0 saturated carbocycles. The zero-order valence-electron chi connectivity index (χ0n) is 17.4. The number of nitrogens with zero attached hydrogens (tertiary/aromatic N) is 3. The number of aromatic nitrogens is 2. The summed E-state index contributed by atoms with van der Waals surface area (Å²) in [5.74, 6) is -0.144. The Hall–Kier alpha value is -1.97. The van der Waals surface area contributed by atoms with Crippen LogP contribution in [0.3, 0.4) is 0 Å². The minimum Gasteiger partial charge on any atom is -0.464 e. The molecule has 8 nitrogen and oxygen atoms in total. The predicted octanol–water partition coefficient (Wildman–Crippen LogP) is 3.50. The quantitative estimate of drug-likeness (QED) is 0.652. The number of hydrogen-bond acceptors (Lipinski definition) is 7. The van der Waals surface area contributed by atoms with Gasteiger partial charge in [0.25, 0.3) is 0 Å². The van der Waals surface area contributed by atoms with E-state index in [4.69, 9.17) is 9.47 Å². The van der Waals surface area contributed by atoms with Crippen molar-refractivity contribution in [2.24, 2.45) is 5.41 Å². The number of hydrogen-bond donors (Lipinski definition) is 1. The standard InChI is InChI=1S/C19H28BrFN4O4/c1-18(2,3)29-17(27)23-12(10-21)19(4)6-8-25(9-7-19)15-14(16(26)28-5)24-13(20)11-22-15/h11-12H,6-10H2,1-5H3,(H,23,27). The topological polar surface area (TPSA) is 93.6 Å². The third-order valence-electron chi connectivity index (χ3n) is 4.99. The van der Waals surface area contributed by atoms with Crippen molar-refractivity contribution in [3.8, 4) is 0 Å². The highest BCUT2D eigenvalue weighted by Crippen LogP contribution is 2.37. The van der Waals surface area contributed by atoms with E-state index in [1.54, 1.807) is 20.8 Å². The van der Waals surface area contributed by atoms with Crippen molar-refractivity contribution in [3.05, 3.63) is 16.5 Å². The van der Waals surface area contributed by atoms with Crippen LogP contribution in [0.1, 0.15) is 51.0 Å². The Bertz CT molecular complexity index is 748. The van der Waals surface area contributed by atoms with Gasteiger partial charge in [0, 0.05) is 13.1 Å². The summed E-state index contributed by atoms with van der Waals surface area (Å²) in [6.07, 6.45) is 2.07. The number of anilines is 1. The molecule has 1 saturated heterocycles. The number of carbonyl (C=O) groups is 2. The zero-order chi connectivity index (χ0) is 21.8. The minimum absolute atomic E-state index is 0.124. The Labute approximate surface area is 178 Å². The van der Waals surface area contributed by atoms with E-state index in [1.807, 2.05) is 11.8 Å². The lowest BCUT2D eigenvalue weighted by Crippen LogP contribution is -2.53. The van der Waals surface area contributed by atoms with Crippen LogP contribution in [0.2, 0.25) is 0 Å². The SMILES string of the molecule is COC(=O)c1nc(Br)cnc1N1CCC(C)(C(CF)NC(=O)OC(C)(C)C)CC1. The van der Waals surface area contributed by atoms with Crippen LogP contribution in [0, 0.1) is 5.41 Å². The van der Waals surface area contributed by atoms with Crippen LogP contribution < -0.4 is 10.2 Å². The van der Waals surface area contributed by atoms with Crippen molar-refractivity contribution >= 4 is 33.8 Å². The Kier molecular flexibility index (Phi) is 7.42. The van der Waals surface area contributed by atoms with Crippen LogP contribution in [0.5, 0.6) is 0 Å². The third kappa shape index (κ3) is 6.01. The van der Waals surface area contributed by atoms with E-state index in [2.05, 4.69) is 31.2 Å². The first-order valence-corrected chi connectivity index (χ1v) is 10.2. The van der Waals surface area contributed by atoms with Crippen LogP contribution in [-0.4, -0.2) is 60.5 Å². The molecule has 0 aromatic carbocycles. The van der Waals surface area contributed by atoms with Gasteiger partial charge in [0.05, 0.1) is 19.3 Å². The second-order valence-corrected chi connectivity index (χ2v) is 9.16. The highest BCUT2D eigenvalue weighted by molar-refractivity contribution is 9.10. The summed E-state index contributed by atoms with van der Waals surface area (Å²) in [7, 11) is 1.29. The highest BCUT2D eigenvalue weighted by Gasteiger charge is 2.40. The number of ether oxygens (including phenoxy) is 2. The molecule has 1 aromatic rings. The van der Waals surface area contributed by atoms with E-state index in [-0.39, 0.29) is 5.69 Å². The molecule has 1 atom stereocenters. The molecule has 2 rings (SSSR count). The summed E-state index contributed by atoms with van der Waals surface area (Å²) in [4.78, 5) is 34.6. The number of carbonyl (C=O) groups excluding carboxylic acids is 2. The molecule has 10 heteroatoms. The van der Waals surface area contributed by atoms with Crippen molar-refractivity contribution in [3.63, 3.8) is 0 Å². The average Bonchev–Trinajstić information content (AvgIpc) is 2.64.